The van der Waals surface area contributed by atoms with Gasteiger partial charge in [0.1, 0.15) is 11.8 Å². The Labute approximate surface area is 198 Å². The van der Waals surface area contributed by atoms with Gasteiger partial charge in [-0.05, 0) is 81.5 Å². The molecule has 0 bridgehead atoms. The highest BCUT2D eigenvalue weighted by Crippen LogP contribution is 2.35. The van der Waals surface area contributed by atoms with Crippen LogP contribution in [-0.4, -0.2) is 33.9 Å². The van der Waals surface area contributed by atoms with Gasteiger partial charge in [-0.2, -0.15) is 10.2 Å². The Bertz CT molecular complexity index is 1240. The summed E-state index contributed by atoms with van der Waals surface area (Å²) >= 11 is 0. The number of benzene rings is 2. The molecular formula is C26H28N4O4. The van der Waals surface area contributed by atoms with Crippen molar-refractivity contribution in [2.75, 3.05) is 6.54 Å². The van der Waals surface area contributed by atoms with Crippen LogP contribution in [0.15, 0.2) is 34.9 Å². The van der Waals surface area contributed by atoms with Crippen LogP contribution in [0.4, 0.5) is 0 Å². The standard InChI is InChI=1S/C26H28N4O4/c1-15(2)33-23-10-7-17(13-18(23)14-27)26-29-25(30-34-26)20-8-9-21-19(16(20)3)11-12-28-22(21)5-4-6-24(31)32/h7-10,13,15,22,28H,4-6,11-12H2,1-3H3,(H,31,32). The number of ether oxygens (including phenoxy) is 1. The molecule has 2 heterocycles. The normalized spacial score (nSPS) is 15.1. The lowest BCUT2D eigenvalue weighted by atomic mass is 9.86. The van der Waals surface area contributed by atoms with Crippen molar-refractivity contribution < 1.29 is 19.2 Å². The van der Waals surface area contributed by atoms with E-state index in [0.29, 0.717) is 35.0 Å². The summed E-state index contributed by atoms with van der Waals surface area (Å²) in [6.07, 6.45) is 2.44. The third-order valence-electron chi connectivity index (χ3n) is 6.04. The number of carboxylic acid groups (broad SMARTS) is 1. The molecule has 2 aromatic carbocycles. The third-order valence-corrected chi connectivity index (χ3v) is 6.04. The van der Waals surface area contributed by atoms with E-state index in [1.54, 1.807) is 12.1 Å². The zero-order valence-electron chi connectivity index (χ0n) is 19.6. The van der Waals surface area contributed by atoms with Gasteiger partial charge in [-0.1, -0.05) is 17.3 Å². The summed E-state index contributed by atoms with van der Waals surface area (Å²) in [6, 6.07) is 11.6. The molecule has 0 saturated carbocycles. The highest BCUT2D eigenvalue weighted by molar-refractivity contribution is 5.67. The van der Waals surface area contributed by atoms with Crippen molar-refractivity contribution in [3.63, 3.8) is 0 Å². The number of nitrogens with zero attached hydrogens (tertiary/aromatic N) is 3. The van der Waals surface area contributed by atoms with Crippen molar-refractivity contribution in [2.45, 2.75) is 58.6 Å². The molecule has 0 fully saturated rings. The van der Waals surface area contributed by atoms with Crippen molar-refractivity contribution in [1.29, 1.82) is 5.26 Å². The summed E-state index contributed by atoms with van der Waals surface area (Å²) in [7, 11) is 0. The predicted octanol–water partition coefficient (Wildman–Crippen LogP) is 4.81. The molecule has 1 aromatic heterocycles. The minimum Gasteiger partial charge on any atom is -0.490 e. The maximum atomic E-state index is 10.9. The zero-order valence-corrected chi connectivity index (χ0v) is 19.6. The van der Waals surface area contributed by atoms with Gasteiger partial charge in [0.15, 0.2) is 0 Å². The molecule has 0 spiro atoms. The van der Waals surface area contributed by atoms with E-state index in [1.807, 2.05) is 26.0 Å². The van der Waals surface area contributed by atoms with Crippen molar-refractivity contribution >= 4 is 5.97 Å². The van der Waals surface area contributed by atoms with E-state index in [4.69, 9.17) is 14.4 Å². The Hall–Kier alpha value is -3.70. The van der Waals surface area contributed by atoms with Gasteiger partial charge in [0.2, 0.25) is 5.82 Å². The SMILES string of the molecule is Cc1c(-c2noc(-c3ccc(OC(C)C)c(C#N)c3)n2)ccc2c1CCNC2CCCC(=O)O. The van der Waals surface area contributed by atoms with Crippen LogP contribution >= 0.6 is 0 Å². The number of nitriles is 1. The molecule has 0 amide bonds. The lowest BCUT2D eigenvalue weighted by Gasteiger charge is -2.29. The largest absolute Gasteiger partial charge is 0.490 e. The number of carboxylic acids is 1. The van der Waals surface area contributed by atoms with Gasteiger partial charge >= 0.3 is 5.97 Å². The van der Waals surface area contributed by atoms with E-state index in [-0.39, 0.29) is 18.6 Å². The molecule has 1 atom stereocenters. The van der Waals surface area contributed by atoms with Crippen molar-refractivity contribution in [1.82, 2.24) is 15.5 Å². The van der Waals surface area contributed by atoms with E-state index in [1.165, 1.54) is 11.1 Å². The molecule has 0 aliphatic carbocycles. The second-order valence-corrected chi connectivity index (χ2v) is 8.76. The number of fused-ring (bicyclic) bond motifs is 1. The first-order valence-electron chi connectivity index (χ1n) is 11.5. The lowest BCUT2D eigenvalue weighted by Crippen LogP contribution is -2.30. The summed E-state index contributed by atoms with van der Waals surface area (Å²) in [5.74, 6) is 0.600. The summed E-state index contributed by atoms with van der Waals surface area (Å²) in [5.41, 5.74) is 5.54. The summed E-state index contributed by atoms with van der Waals surface area (Å²) in [6.45, 7) is 6.73. The first-order chi connectivity index (χ1) is 16.4. The molecular weight excluding hydrogens is 432 g/mol. The maximum Gasteiger partial charge on any atom is 0.303 e. The minimum absolute atomic E-state index is 0.0353. The summed E-state index contributed by atoms with van der Waals surface area (Å²) in [5, 5.41) is 26.2. The van der Waals surface area contributed by atoms with Crippen LogP contribution in [0.2, 0.25) is 0 Å². The first kappa shape index (κ1) is 23.5. The molecule has 8 nitrogen and oxygen atoms in total. The van der Waals surface area contributed by atoms with E-state index < -0.39 is 5.97 Å². The molecule has 0 saturated heterocycles. The summed E-state index contributed by atoms with van der Waals surface area (Å²) < 4.78 is 11.2. The van der Waals surface area contributed by atoms with E-state index in [0.717, 1.165) is 30.5 Å². The Balaban J connectivity index is 1.60. The monoisotopic (exact) mass is 460 g/mol. The molecule has 2 N–H and O–H groups in total. The quantitative estimate of drug-likeness (QED) is 0.491. The maximum absolute atomic E-state index is 10.9. The highest BCUT2D eigenvalue weighted by atomic mass is 16.5. The van der Waals surface area contributed by atoms with E-state index >= 15 is 0 Å². The number of hydrogen-bond acceptors (Lipinski definition) is 7. The highest BCUT2D eigenvalue weighted by Gasteiger charge is 2.24. The molecule has 0 radical (unpaired) electrons. The van der Waals surface area contributed by atoms with Crippen LogP contribution in [0.5, 0.6) is 5.75 Å². The number of carbonyl (C=O) groups is 1. The first-order valence-corrected chi connectivity index (χ1v) is 11.5. The number of rotatable bonds is 8. The second-order valence-electron chi connectivity index (χ2n) is 8.76. The fraction of sp³-hybridized carbons (Fsp3) is 0.385. The zero-order chi connectivity index (χ0) is 24.2. The van der Waals surface area contributed by atoms with Gasteiger partial charge in [-0.15, -0.1) is 0 Å². The minimum atomic E-state index is -0.764. The van der Waals surface area contributed by atoms with Gasteiger partial charge in [-0.3, -0.25) is 4.79 Å². The Morgan fingerprint density at radius 2 is 2.18 bits per heavy atom. The van der Waals surface area contributed by atoms with Gasteiger partial charge < -0.3 is 19.7 Å². The average Bonchev–Trinajstić information content (AvgIpc) is 3.29. The molecule has 176 valence electrons. The topological polar surface area (TPSA) is 121 Å². The van der Waals surface area contributed by atoms with Crippen molar-refractivity contribution in [3.8, 4) is 34.7 Å². The van der Waals surface area contributed by atoms with Crippen LogP contribution in [0.25, 0.3) is 22.8 Å². The van der Waals surface area contributed by atoms with Gasteiger partial charge in [0.25, 0.3) is 5.89 Å². The van der Waals surface area contributed by atoms with Crippen LogP contribution in [0, 0.1) is 18.3 Å². The number of aromatic nitrogens is 2. The molecule has 4 rings (SSSR count). The molecule has 3 aromatic rings. The Morgan fingerprint density at radius 1 is 1.35 bits per heavy atom. The lowest BCUT2D eigenvalue weighted by molar-refractivity contribution is -0.137. The predicted molar refractivity (Wildman–Crippen MR) is 126 cm³/mol. The van der Waals surface area contributed by atoms with Crippen molar-refractivity contribution in [3.05, 3.63) is 52.6 Å². The van der Waals surface area contributed by atoms with Gasteiger partial charge in [0.05, 0.1) is 11.7 Å². The molecule has 1 unspecified atom stereocenters. The summed E-state index contributed by atoms with van der Waals surface area (Å²) in [4.78, 5) is 15.5. The second kappa shape index (κ2) is 10.1. The van der Waals surface area contributed by atoms with E-state index in [9.17, 15) is 10.1 Å². The Kier molecular flexibility index (Phi) is 6.94. The van der Waals surface area contributed by atoms with Crippen LogP contribution < -0.4 is 10.1 Å². The van der Waals surface area contributed by atoms with E-state index in [2.05, 4.69) is 34.5 Å². The van der Waals surface area contributed by atoms with Gasteiger partial charge in [0, 0.05) is 23.6 Å². The third kappa shape index (κ3) is 4.95. The molecule has 1 aliphatic rings. The molecule has 8 heteroatoms. The number of aliphatic carboxylic acids is 1. The fourth-order valence-electron chi connectivity index (χ4n) is 4.43. The van der Waals surface area contributed by atoms with Gasteiger partial charge in [-0.25, -0.2) is 0 Å². The smallest absolute Gasteiger partial charge is 0.303 e. The molecule has 1 aliphatic heterocycles. The average molecular weight is 461 g/mol. The van der Waals surface area contributed by atoms with Crippen LogP contribution in [0.3, 0.4) is 0 Å². The molecule has 34 heavy (non-hydrogen) atoms. The fourth-order valence-corrected chi connectivity index (χ4v) is 4.43. The van der Waals surface area contributed by atoms with Crippen molar-refractivity contribution in [2.24, 2.45) is 0 Å². The number of hydrogen-bond donors (Lipinski definition) is 2. The van der Waals surface area contributed by atoms with Crippen LogP contribution in [0.1, 0.15) is 61.4 Å². The number of nitrogens with one attached hydrogen (secondary N) is 1. The van der Waals surface area contributed by atoms with Crippen LogP contribution in [-0.2, 0) is 11.2 Å². The Morgan fingerprint density at radius 3 is 2.91 bits per heavy atom.